The highest BCUT2D eigenvalue weighted by atomic mass is 16.4. The van der Waals surface area contributed by atoms with E-state index in [1.54, 1.807) is 0 Å². The van der Waals surface area contributed by atoms with E-state index in [0.29, 0.717) is 16.6 Å². The summed E-state index contributed by atoms with van der Waals surface area (Å²) in [6, 6.07) is 15.5. The Kier molecular flexibility index (Phi) is 4.70. The second-order valence-corrected chi connectivity index (χ2v) is 6.00. The third kappa shape index (κ3) is 2.95. The van der Waals surface area contributed by atoms with E-state index in [-0.39, 0.29) is 0 Å². The topological polar surface area (TPSA) is 53.4 Å². The van der Waals surface area contributed by atoms with Gasteiger partial charge in [0.15, 0.2) is 0 Å². The summed E-state index contributed by atoms with van der Waals surface area (Å²) in [5.74, 6) is -0.919. The molecule has 0 radical (unpaired) electrons. The van der Waals surface area contributed by atoms with Crippen LogP contribution in [0.4, 0.5) is 5.69 Å². The number of nitrogens with zero attached hydrogens (tertiary/aromatic N) is 2. The van der Waals surface area contributed by atoms with Gasteiger partial charge < -0.3 is 10.0 Å². The highest BCUT2D eigenvalue weighted by Crippen LogP contribution is 2.37. The van der Waals surface area contributed by atoms with Gasteiger partial charge in [-0.2, -0.15) is 0 Å². The van der Waals surface area contributed by atoms with Crippen molar-refractivity contribution in [3.05, 3.63) is 59.7 Å². The van der Waals surface area contributed by atoms with Crippen molar-refractivity contribution in [2.24, 2.45) is 0 Å². The van der Waals surface area contributed by atoms with Crippen LogP contribution in [0.1, 0.15) is 29.8 Å². The zero-order chi connectivity index (χ0) is 18.0. The van der Waals surface area contributed by atoms with Gasteiger partial charge in [-0.3, -0.25) is 0 Å². The molecule has 1 aromatic heterocycles. The fourth-order valence-corrected chi connectivity index (χ4v) is 3.28. The number of hydrogen-bond donors (Lipinski definition) is 1. The molecule has 0 atom stereocenters. The summed E-state index contributed by atoms with van der Waals surface area (Å²) in [6.45, 7) is 7.47. The first-order valence-electron chi connectivity index (χ1n) is 8.55. The Morgan fingerprint density at radius 3 is 2.32 bits per heavy atom. The van der Waals surface area contributed by atoms with Crippen LogP contribution in [0, 0.1) is 6.92 Å². The maximum absolute atomic E-state index is 12.2. The molecule has 0 amide bonds. The first-order chi connectivity index (χ1) is 12.1. The Labute approximate surface area is 147 Å². The van der Waals surface area contributed by atoms with Gasteiger partial charge in [0, 0.05) is 24.0 Å². The highest BCUT2D eigenvalue weighted by Gasteiger charge is 2.24. The average molecular weight is 334 g/mol. The molecule has 3 aromatic rings. The molecule has 0 aliphatic rings. The largest absolute Gasteiger partial charge is 0.478 e. The van der Waals surface area contributed by atoms with Gasteiger partial charge >= 0.3 is 5.97 Å². The van der Waals surface area contributed by atoms with Crippen LogP contribution >= 0.6 is 0 Å². The number of carboxylic acids is 1. The van der Waals surface area contributed by atoms with Crippen LogP contribution < -0.4 is 4.90 Å². The van der Waals surface area contributed by atoms with Gasteiger partial charge in [0.05, 0.1) is 22.5 Å². The van der Waals surface area contributed by atoms with E-state index in [9.17, 15) is 9.90 Å². The van der Waals surface area contributed by atoms with Crippen molar-refractivity contribution in [2.45, 2.75) is 20.8 Å². The lowest BCUT2D eigenvalue weighted by Gasteiger charge is -2.26. The fourth-order valence-electron chi connectivity index (χ4n) is 3.28. The number of pyridine rings is 1. The van der Waals surface area contributed by atoms with E-state index in [0.717, 1.165) is 35.4 Å². The number of carbonyl (C=O) groups is 1. The molecule has 128 valence electrons. The van der Waals surface area contributed by atoms with Crippen LogP contribution in [0.25, 0.3) is 22.2 Å². The van der Waals surface area contributed by atoms with Crippen molar-refractivity contribution in [1.29, 1.82) is 0 Å². The summed E-state index contributed by atoms with van der Waals surface area (Å²) in [7, 11) is 0. The molecule has 0 unspecified atom stereocenters. The Morgan fingerprint density at radius 1 is 1.04 bits per heavy atom. The number of aryl methyl sites for hydroxylation is 1. The summed E-state index contributed by atoms with van der Waals surface area (Å²) in [4.78, 5) is 19.2. The molecule has 0 aliphatic carbocycles. The van der Waals surface area contributed by atoms with Crippen molar-refractivity contribution in [3.63, 3.8) is 0 Å². The maximum atomic E-state index is 12.2. The van der Waals surface area contributed by atoms with Crippen molar-refractivity contribution in [2.75, 3.05) is 18.0 Å². The predicted octanol–water partition coefficient (Wildman–Crippen LogP) is 4.75. The lowest BCUT2D eigenvalue weighted by molar-refractivity contribution is 0.0699. The third-order valence-corrected chi connectivity index (χ3v) is 4.53. The number of hydrogen-bond acceptors (Lipinski definition) is 3. The first-order valence-corrected chi connectivity index (χ1v) is 8.55. The van der Waals surface area contributed by atoms with Crippen LogP contribution in [0.15, 0.2) is 48.5 Å². The first kappa shape index (κ1) is 17.0. The zero-order valence-corrected chi connectivity index (χ0v) is 14.8. The van der Waals surface area contributed by atoms with Crippen LogP contribution in [-0.2, 0) is 0 Å². The van der Waals surface area contributed by atoms with E-state index >= 15 is 0 Å². The number of aromatic carboxylic acids is 1. The molecule has 0 bridgehead atoms. The van der Waals surface area contributed by atoms with Gasteiger partial charge in [0.2, 0.25) is 0 Å². The minimum Gasteiger partial charge on any atom is -0.478 e. The molecule has 3 rings (SSSR count). The van der Waals surface area contributed by atoms with Crippen LogP contribution in [0.5, 0.6) is 0 Å². The molecule has 0 aliphatic heterocycles. The minimum absolute atomic E-state index is 0.330. The molecule has 2 aromatic carbocycles. The molecular weight excluding hydrogens is 312 g/mol. The zero-order valence-electron chi connectivity index (χ0n) is 14.8. The lowest BCUT2D eigenvalue weighted by Crippen LogP contribution is -2.25. The summed E-state index contributed by atoms with van der Waals surface area (Å²) < 4.78 is 0. The molecular formula is C21H22N2O2. The number of para-hydroxylation sites is 1. The number of fused-ring (bicyclic) bond motifs is 1. The van der Waals surface area contributed by atoms with Crippen LogP contribution in [-0.4, -0.2) is 29.1 Å². The Morgan fingerprint density at radius 2 is 1.72 bits per heavy atom. The standard InChI is InChI=1S/C21H22N2O2/c1-4-23(5-2)20-17(21(24)25)16-13-9-10-14(3)18(16)22-19(20)15-11-7-6-8-12-15/h6-13H,4-5H2,1-3H3,(H,24,25). The normalized spacial score (nSPS) is 10.8. The van der Waals surface area contributed by atoms with Crippen molar-refractivity contribution >= 4 is 22.6 Å². The van der Waals surface area contributed by atoms with E-state index in [1.807, 2.05) is 69.3 Å². The SMILES string of the molecule is CCN(CC)c1c(-c2ccccc2)nc2c(C)cccc2c1C(=O)O. The second-order valence-electron chi connectivity index (χ2n) is 6.00. The van der Waals surface area contributed by atoms with Crippen LogP contribution in [0.2, 0.25) is 0 Å². The average Bonchev–Trinajstić information content (AvgIpc) is 2.63. The molecule has 25 heavy (non-hydrogen) atoms. The number of anilines is 1. The predicted molar refractivity (Wildman–Crippen MR) is 102 cm³/mol. The summed E-state index contributed by atoms with van der Waals surface area (Å²) in [6.07, 6.45) is 0. The molecule has 0 fully saturated rings. The number of aromatic nitrogens is 1. The molecule has 0 spiro atoms. The summed E-state index contributed by atoms with van der Waals surface area (Å²) in [5.41, 5.74) is 4.40. The van der Waals surface area contributed by atoms with E-state index in [2.05, 4.69) is 4.90 Å². The quantitative estimate of drug-likeness (QED) is 0.731. The van der Waals surface area contributed by atoms with E-state index in [1.165, 1.54) is 0 Å². The van der Waals surface area contributed by atoms with E-state index < -0.39 is 5.97 Å². The third-order valence-electron chi connectivity index (χ3n) is 4.53. The van der Waals surface area contributed by atoms with Gasteiger partial charge in [-0.1, -0.05) is 48.5 Å². The van der Waals surface area contributed by atoms with Gasteiger partial charge in [-0.15, -0.1) is 0 Å². The lowest BCUT2D eigenvalue weighted by atomic mass is 9.98. The summed E-state index contributed by atoms with van der Waals surface area (Å²) >= 11 is 0. The van der Waals surface area contributed by atoms with Gasteiger partial charge in [0.25, 0.3) is 0 Å². The van der Waals surface area contributed by atoms with Crippen molar-refractivity contribution in [3.8, 4) is 11.3 Å². The molecule has 4 heteroatoms. The maximum Gasteiger partial charge on any atom is 0.338 e. The molecule has 0 saturated heterocycles. The van der Waals surface area contributed by atoms with Crippen molar-refractivity contribution < 1.29 is 9.90 Å². The molecule has 1 heterocycles. The Hall–Kier alpha value is -2.88. The molecule has 1 N–H and O–H groups in total. The van der Waals surface area contributed by atoms with Crippen molar-refractivity contribution in [1.82, 2.24) is 4.98 Å². The van der Waals surface area contributed by atoms with E-state index in [4.69, 9.17) is 4.98 Å². The smallest absolute Gasteiger partial charge is 0.338 e. The number of benzene rings is 2. The Bertz CT molecular complexity index is 916. The highest BCUT2D eigenvalue weighted by molar-refractivity contribution is 6.11. The fraction of sp³-hybridized carbons (Fsp3) is 0.238. The van der Waals surface area contributed by atoms with Crippen LogP contribution in [0.3, 0.4) is 0 Å². The molecule has 4 nitrogen and oxygen atoms in total. The minimum atomic E-state index is -0.919. The van der Waals surface area contributed by atoms with Gasteiger partial charge in [-0.25, -0.2) is 9.78 Å². The summed E-state index contributed by atoms with van der Waals surface area (Å²) in [5, 5.41) is 10.7. The van der Waals surface area contributed by atoms with Gasteiger partial charge in [0.1, 0.15) is 0 Å². The molecule has 0 saturated carbocycles. The number of rotatable bonds is 5. The monoisotopic (exact) mass is 334 g/mol. The Balaban J connectivity index is 2.50. The second kappa shape index (κ2) is 6.93. The number of carboxylic acid groups (broad SMARTS) is 1. The van der Waals surface area contributed by atoms with Gasteiger partial charge in [-0.05, 0) is 26.3 Å².